The molecule has 0 saturated carbocycles. The molecule has 0 heterocycles. The number of thioether (sulfide) groups is 1. The van der Waals surface area contributed by atoms with E-state index in [2.05, 4.69) is 0 Å². The van der Waals surface area contributed by atoms with Crippen molar-refractivity contribution in [2.75, 3.05) is 12.4 Å². The number of aromatic hydroxyl groups is 1. The van der Waals surface area contributed by atoms with Gasteiger partial charge in [-0.15, -0.1) is 11.8 Å². The summed E-state index contributed by atoms with van der Waals surface area (Å²) in [5.74, 6) is -0.208. The Morgan fingerprint density at radius 2 is 1.91 bits per heavy atom. The topological polar surface area (TPSA) is 104 Å². The number of halogens is 1. The van der Waals surface area contributed by atoms with Crippen LogP contribution in [0.15, 0.2) is 35.2 Å². The van der Waals surface area contributed by atoms with E-state index in [9.17, 15) is 19.8 Å². The van der Waals surface area contributed by atoms with Crippen LogP contribution in [0.1, 0.15) is 67.6 Å². The molecule has 2 unspecified atom stereocenters. The Bertz CT molecular complexity index is 984. The third-order valence-electron chi connectivity index (χ3n) is 5.26. The van der Waals surface area contributed by atoms with Crippen LogP contribution in [0.5, 0.6) is 11.5 Å². The first-order valence-electron chi connectivity index (χ1n) is 11.0. The molecular formula is C25H32ClNaO6S. The van der Waals surface area contributed by atoms with Crippen LogP contribution in [-0.2, 0) is 11.2 Å². The number of carboxylic acids is 1. The van der Waals surface area contributed by atoms with Gasteiger partial charge in [0.2, 0.25) is 0 Å². The van der Waals surface area contributed by atoms with Crippen LogP contribution in [0.25, 0.3) is 0 Å². The number of carboxylic acid groups (broad SMARTS) is 1. The summed E-state index contributed by atoms with van der Waals surface area (Å²) in [6.45, 7) is 5.57. The Kier molecular flexibility index (Phi) is 13.6. The van der Waals surface area contributed by atoms with Crippen molar-refractivity contribution in [3.05, 3.63) is 52.0 Å². The number of carbonyl (C=O) groups excluding carboxylic acids is 1. The molecule has 0 radical (unpaired) electrons. The van der Waals surface area contributed by atoms with E-state index in [1.165, 1.54) is 6.92 Å². The third kappa shape index (κ3) is 8.77. The Labute approximate surface area is 232 Å². The standard InChI is InChI=1S/C25H31ClO6S.Na.H/c1-4-6-19-21(9-8-18(16(3)27)25(19)31)32-11-5-12-33-22-10-7-17(14-20(22)26)24(30)15(2)13-23(28)29;;/h7-10,14-15,24,30-31H,4-6,11-13H2,1-3H3,(H,28,29);;. The van der Waals surface area contributed by atoms with E-state index in [0.717, 1.165) is 23.5 Å². The number of ether oxygens (including phenoxy) is 1. The second-order valence-electron chi connectivity index (χ2n) is 8.00. The molecule has 0 aliphatic heterocycles. The number of hydrogen-bond acceptors (Lipinski definition) is 6. The summed E-state index contributed by atoms with van der Waals surface area (Å²) in [6.07, 6.45) is 1.16. The first kappa shape index (κ1) is 30.8. The van der Waals surface area contributed by atoms with Crippen molar-refractivity contribution < 1.29 is 29.6 Å². The van der Waals surface area contributed by atoms with Gasteiger partial charge in [0, 0.05) is 16.2 Å². The third-order valence-corrected chi connectivity index (χ3v) is 6.84. The number of Topliss-reactive ketones (excluding diaryl/α,β-unsaturated/α-hetero) is 1. The number of aliphatic hydroxyl groups excluding tert-OH is 1. The molecule has 0 bridgehead atoms. The molecule has 2 rings (SSSR count). The predicted octanol–water partition coefficient (Wildman–Crippen LogP) is 5.26. The van der Waals surface area contributed by atoms with Gasteiger partial charge in [0.15, 0.2) is 5.78 Å². The SMILES string of the molecule is CCCc1c(OCCCSc2ccc(C(O)C(C)CC(=O)O)cc2Cl)ccc(C(C)=O)c1O.[NaH]. The molecule has 0 aliphatic carbocycles. The zero-order valence-corrected chi connectivity index (χ0v) is 20.7. The van der Waals surface area contributed by atoms with E-state index >= 15 is 0 Å². The molecule has 2 aromatic rings. The minimum absolute atomic E-state index is 0. The molecule has 34 heavy (non-hydrogen) atoms. The molecule has 0 aromatic heterocycles. The average molecular weight is 519 g/mol. The van der Waals surface area contributed by atoms with Gasteiger partial charge >= 0.3 is 35.5 Å². The maximum atomic E-state index is 11.7. The summed E-state index contributed by atoms with van der Waals surface area (Å²) in [5.41, 5.74) is 1.56. The number of phenols is 1. The number of rotatable bonds is 13. The van der Waals surface area contributed by atoms with Crippen LogP contribution in [0.2, 0.25) is 5.02 Å². The zero-order valence-electron chi connectivity index (χ0n) is 19.1. The van der Waals surface area contributed by atoms with Crippen LogP contribution < -0.4 is 4.74 Å². The molecule has 0 saturated heterocycles. The second kappa shape index (κ2) is 15.0. The molecule has 2 aromatic carbocycles. The number of aliphatic hydroxyl groups is 1. The fraction of sp³-hybridized carbons (Fsp3) is 0.440. The molecule has 2 atom stereocenters. The van der Waals surface area contributed by atoms with Crippen molar-refractivity contribution in [2.24, 2.45) is 5.92 Å². The molecular weight excluding hydrogens is 487 g/mol. The van der Waals surface area contributed by atoms with Crippen LogP contribution in [0.4, 0.5) is 0 Å². The summed E-state index contributed by atoms with van der Waals surface area (Å²) in [5, 5.41) is 30.2. The van der Waals surface area contributed by atoms with E-state index in [1.54, 1.807) is 43.0 Å². The van der Waals surface area contributed by atoms with Gasteiger partial charge in [-0.1, -0.05) is 37.9 Å². The van der Waals surface area contributed by atoms with Crippen LogP contribution in [-0.4, -0.2) is 69.0 Å². The summed E-state index contributed by atoms with van der Waals surface area (Å²) < 4.78 is 5.88. The molecule has 9 heteroatoms. The van der Waals surface area contributed by atoms with E-state index in [1.807, 2.05) is 13.0 Å². The predicted molar refractivity (Wildman–Crippen MR) is 138 cm³/mol. The second-order valence-corrected chi connectivity index (χ2v) is 9.55. The van der Waals surface area contributed by atoms with E-state index in [-0.39, 0.29) is 47.5 Å². The van der Waals surface area contributed by atoms with Crippen molar-refractivity contribution >= 4 is 64.7 Å². The van der Waals surface area contributed by atoms with Crippen molar-refractivity contribution in [3.8, 4) is 11.5 Å². The molecule has 0 fully saturated rings. The molecule has 0 aliphatic rings. The molecule has 182 valence electrons. The summed E-state index contributed by atoms with van der Waals surface area (Å²) in [4.78, 5) is 23.4. The fourth-order valence-electron chi connectivity index (χ4n) is 3.49. The first-order chi connectivity index (χ1) is 15.6. The molecule has 0 spiro atoms. The van der Waals surface area contributed by atoms with Crippen LogP contribution >= 0.6 is 23.4 Å². The number of ketones is 1. The van der Waals surface area contributed by atoms with Gasteiger partial charge in [0.05, 0.1) is 29.7 Å². The first-order valence-corrected chi connectivity index (χ1v) is 12.3. The Morgan fingerprint density at radius 3 is 2.50 bits per heavy atom. The monoisotopic (exact) mass is 518 g/mol. The van der Waals surface area contributed by atoms with Gasteiger partial charge in [-0.3, -0.25) is 9.59 Å². The zero-order chi connectivity index (χ0) is 24.5. The fourth-order valence-corrected chi connectivity index (χ4v) is 4.68. The van der Waals surface area contributed by atoms with Gasteiger partial charge in [-0.25, -0.2) is 0 Å². The Hall–Kier alpha value is -1.22. The molecule has 6 nitrogen and oxygen atoms in total. The molecule has 3 N–H and O–H groups in total. The van der Waals surface area contributed by atoms with Crippen LogP contribution in [0, 0.1) is 5.92 Å². The Balaban J connectivity index is 0.00000578. The van der Waals surface area contributed by atoms with Gasteiger partial charge in [0.25, 0.3) is 0 Å². The summed E-state index contributed by atoms with van der Waals surface area (Å²) in [6, 6.07) is 8.61. The Morgan fingerprint density at radius 1 is 1.21 bits per heavy atom. The maximum absolute atomic E-state index is 11.7. The number of carbonyl (C=O) groups is 2. The molecule has 0 amide bonds. The average Bonchev–Trinajstić information content (AvgIpc) is 2.75. The van der Waals surface area contributed by atoms with E-state index in [0.29, 0.717) is 40.5 Å². The normalized spacial score (nSPS) is 12.5. The van der Waals surface area contributed by atoms with Gasteiger partial charge < -0.3 is 20.1 Å². The van der Waals surface area contributed by atoms with Crippen LogP contribution in [0.3, 0.4) is 0 Å². The number of phenolic OH excluding ortho intramolecular Hbond substituents is 1. The van der Waals surface area contributed by atoms with Crippen molar-refractivity contribution in [3.63, 3.8) is 0 Å². The summed E-state index contributed by atoms with van der Waals surface area (Å²) in [7, 11) is 0. The van der Waals surface area contributed by atoms with Gasteiger partial charge in [-0.05, 0) is 55.5 Å². The number of hydrogen-bond donors (Lipinski definition) is 3. The van der Waals surface area contributed by atoms with Gasteiger partial charge in [-0.2, -0.15) is 0 Å². The van der Waals surface area contributed by atoms with Crippen molar-refractivity contribution in [1.29, 1.82) is 0 Å². The quantitative estimate of drug-likeness (QED) is 0.144. The van der Waals surface area contributed by atoms with Crippen molar-refractivity contribution in [2.45, 2.75) is 57.5 Å². The summed E-state index contributed by atoms with van der Waals surface area (Å²) >= 11 is 7.93. The number of aliphatic carboxylic acids is 1. The van der Waals surface area contributed by atoms with E-state index in [4.69, 9.17) is 21.4 Å². The minimum atomic E-state index is -0.950. The van der Waals surface area contributed by atoms with Crippen molar-refractivity contribution in [1.82, 2.24) is 0 Å². The number of benzene rings is 2. The van der Waals surface area contributed by atoms with E-state index < -0.39 is 18.0 Å². The van der Waals surface area contributed by atoms with Gasteiger partial charge in [0.1, 0.15) is 11.5 Å².